The average Bonchev–Trinajstić information content (AvgIpc) is 2.59. The Hall–Kier alpha value is -1.65. The van der Waals surface area contributed by atoms with Crippen molar-refractivity contribution in [2.75, 3.05) is 5.73 Å². The molecule has 0 atom stereocenters. The van der Waals surface area contributed by atoms with E-state index in [-0.39, 0.29) is 22.3 Å². The number of nitrogens with two attached hydrogens (primary N) is 1. The Morgan fingerprint density at radius 1 is 1.20 bits per heavy atom. The van der Waals surface area contributed by atoms with Crippen LogP contribution in [0.4, 0.5) is 14.7 Å². The van der Waals surface area contributed by atoms with Gasteiger partial charge in [0.15, 0.2) is 5.82 Å². The molecule has 0 aliphatic heterocycles. The molecule has 0 spiro atoms. The van der Waals surface area contributed by atoms with E-state index in [1.165, 1.54) is 6.07 Å². The van der Waals surface area contributed by atoms with Crippen LogP contribution < -0.4 is 5.73 Å². The first-order valence-corrected chi connectivity index (χ1v) is 6.77. The zero-order chi connectivity index (χ0) is 14.9. The van der Waals surface area contributed by atoms with Crippen LogP contribution in [0.25, 0.3) is 11.0 Å². The molecule has 0 bridgehead atoms. The smallest absolute Gasteiger partial charge is 0.201 e. The minimum Gasteiger partial charge on any atom is -0.369 e. The van der Waals surface area contributed by atoms with Crippen LogP contribution in [0, 0.1) is 28.4 Å². The van der Waals surface area contributed by atoms with E-state index in [0.29, 0.717) is 18.0 Å². The molecule has 0 amide bonds. The Morgan fingerprint density at radius 3 is 2.35 bits per heavy atom. The molecule has 108 valence electrons. The highest BCUT2D eigenvalue weighted by Crippen LogP contribution is 2.69. The fourth-order valence-corrected chi connectivity index (χ4v) is 3.33. The monoisotopic (exact) mass is 279 g/mol. The predicted molar refractivity (Wildman–Crippen MR) is 75.1 cm³/mol. The molecule has 1 heterocycles. The lowest BCUT2D eigenvalue weighted by Crippen LogP contribution is -2.08. The lowest BCUT2D eigenvalue weighted by molar-refractivity contribution is 0.457. The maximum atomic E-state index is 13.7. The summed E-state index contributed by atoms with van der Waals surface area (Å²) >= 11 is 0. The minimum absolute atomic E-state index is 0.139. The Kier molecular flexibility index (Phi) is 2.48. The van der Waals surface area contributed by atoms with Crippen LogP contribution in [-0.4, -0.2) is 9.55 Å². The number of benzene rings is 1. The number of aromatic nitrogens is 2. The Labute approximate surface area is 116 Å². The molecule has 1 aromatic heterocycles. The second-order valence-electron chi connectivity index (χ2n) is 6.83. The Bertz CT molecular complexity index is 687. The van der Waals surface area contributed by atoms with Crippen LogP contribution in [-0.2, 0) is 6.54 Å². The summed E-state index contributed by atoms with van der Waals surface area (Å²) < 4.78 is 28.9. The van der Waals surface area contributed by atoms with E-state index in [4.69, 9.17) is 5.73 Å². The van der Waals surface area contributed by atoms with Gasteiger partial charge < -0.3 is 10.3 Å². The molecule has 5 heteroatoms. The van der Waals surface area contributed by atoms with Crippen molar-refractivity contribution in [2.45, 2.75) is 34.2 Å². The maximum absolute atomic E-state index is 13.7. The van der Waals surface area contributed by atoms with E-state index >= 15 is 0 Å². The summed E-state index contributed by atoms with van der Waals surface area (Å²) in [6.45, 7) is 9.44. The van der Waals surface area contributed by atoms with Crippen LogP contribution in [0.3, 0.4) is 0 Å². The highest BCUT2D eigenvalue weighted by atomic mass is 19.1. The van der Waals surface area contributed by atoms with Gasteiger partial charge in [-0.25, -0.2) is 13.8 Å². The topological polar surface area (TPSA) is 43.8 Å². The lowest BCUT2D eigenvalue weighted by atomic mass is 10.0. The van der Waals surface area contributed by atoms with E-state index in [0.717, 1.165) is 6.07 Å². The molecule has 1 aromatic carbocycles. The number of fused-ring (bicyclic) bond motifs is 1. The van der Waals surface area contributed by atoms with Gasteiger partial charge >= 0.3 is 0 Å². The summed E-state index contributed by atoms with van der Waals surface area (Å²) in [4.78, 5) is 4.03. The number of anilines is 1. The van der Waals surface area contributed by atoms with Gasteiger partial charge in [-0.2, -0.15) is 0 Å². The third-order valence-corrected chi connectivity index (χ3v) is 5.49. The summed E-state index contributed by atoms with van der Waals surface area (Å²) in [5.41, 5.74) is 6.82. The van der Waals surface area contributed by atoms with Gasteiger partial charge in [-0.1, -0.05) is 27.7 Å². The van der Waals surface area contributed by atoms with E-state index < -0.39 is 11.6 Å². The van der Waals surface area contributed by atoms with Gasteiger partial charge in [0, 0.05) is 18.7 Å². The molecule has 3 rings (SSSR count). The standard InChI is InChI=1S/C15H19F2N3/c1-14(2)11(15(14,3)4)7-20-10-6-8(16)5-9(17)12(10)19-13(20)18/h5-6,11H,7H2,1-4H3,(H2,18,19). The van der Waals surface area contributed by atoms with Crippen molar-refractivity contribution in [3.8, 4) is 0 Å². The van der Waals surface area contributed by atoms with Gasteiger partial charge in [0.05, 0.1) is 5.52 Å². The van der Waals surface area contributed by atoms with Gasteiger partial charge in [-0.15, -0.1) is 0 Å². The number of imidazole rings is 1. The zero-order valence-corrected chi connectivity index (χ0v) is 12.2. The summed E-state index contributed by atoms with van der Waals surface area (Å²) in [5.74, 6) is -0.630. The molecule has 2 N–H and O–H groups in total. The largest absolute Gasteiger partial charge is 0.369 e. The second-order valence-corrected chi connectivity index (χ2v) is 6.83. The molecule has 20 heavy (non-hydrogen) atoms. The molecular formula is C15H19F2N3. The van der Waals surface area contributed by atoms with Gasteiger partial charge in [0.2, 0.25) is 5.95 Å². The summed E-state index contributed by atoms with van der Waals surface area (Å²) in [5, 5.41) is 0. The molecule has 0 saturated heterocycles. The fourth-order valence-electron chi connectivity index (χ4n) is 3.33. The van der Waals surface area contributed by atoms with E-state index in [9.17, 15) is 8.78 Å². The number of nitrogen functional groups attached to an aromatic ring is 1. The predicted octanol–water partition coefficient (Wildman–Crippen LogP) is 3.58. The molecule has 0 radical (unpaired) electrons. The van der Waals surface area contributed by atoms with Crippen molar-refractivity contribution in [1.29, 1.82) is 0 Å². The molecule has 1 saturated carbocycles. The molecule has 1 aliphatic carbocycles. The maximum Gasteiger partial charge on any atom is 0.201 e. The average molecular weight is 279 g/mol. The highest BCUT2D eigenvalue weighted by molar-refractivity contribution is 5.79. The number of rotatable bonds is 2. The third kappa shape index (κ3) is 1.58. The van der Waals surface area contributed by atoms with Crippen molar-refractivity contribution in [3.63, 3.8) is 0 Å². The fraction of sp³-hybridized carbons (Fsp3) is 0.533. The van der Waals surface area contributed by atoms with Gasteiger partial charge in [0.25, 0.3) is 0 Å². The number of hydrogen-bond acceptors (Lipinski definition) is 2. The van der Waals surface area contributed by atoms with Crippen molar-refractivity contribution in [1.82, 2.24) is 9.55 Å². The zero-order valence-electron chi connectivity index (χ0n) is 12.2. The number of halogens is 2. The van der Waals surface area contributed by atoms with Gasteiger partial charge in [-0.05, 0) is 16.7 Å². The molecular weight excluding hydrogens is 260 g/mol. The van der Waals surface area contributed by atoms with Gasteiger partial charge in [-0.3, -0.25) is 0 Å². The minimum atomic E-state index is -0.667. The van der Waals surface area contributed by atoms with Crippen molar-refractivity contribution in [3.05, 3.63) is 23.8 Å². The van der Waals surface area contributed by atoms with Crippen LogP contribution in [0.2, 0.25) is 0 Å². The van der Waals surface area contributed by atoms with Gasteiger partial charge in [0.1, 0.15) is 11.3 Å². The van der Waals surface area contributed by atoms with Crippen LogP contribution in [0.1, 0.15) is 27.7 Å². The van der Waals surface area contributed by atoms with Crippen molar-refractivity contribution >= 4 is 17.0 Å². The first-order valence-electron chi connectivity index (χ1n) is 6.77. The summed E-state index contributed by atoms with van der Waals surface area (Å²) in [6, 6.07) is 2.13. The first-order chi connectivity index (χ1) is 9.16. The van der Waals surface area contributed by atoms with Crippen LogP contribution in [0.15, 0.2) is 12.1 Å². The number of nitrogens with zero attached hydrogens (tertiary/aromatic N) is 2. The van der Waals surface area contributed by atoms with Crippen LogP contribution >= 0.6 is 0 Å². The quantitative estimate of drug-likeness (QED) is 0.913. The van der Waals surface area contributed by atoms with E-state index in [2.05, 4.69) is 32.7 Å². The summed E-state index contributed by atoms with van der Waals surface area (Å²) in [6.07, 6.45) is 0. The summed E-state index contributed by atoms with van der Waals surface area (Å²) in [7, 11) is 0. The highest BCUT2D eigenvalue weighted by Gasteiger charge is 2.64. The molecule has 2 aromatic rings. The Morgan fingerprint density at radius 2 is 1.80 bits per heavy atom. The van der Waals surface area contributed by atoms with Crippen molar-refractivity contribution < 1.29 is 8.78 Å². The molecule has 1 aliphatic rings. The normalized spacial score (nSPS) is 20.5. The SMILES string of the molecule is CC1(C)C(Cn2c(N)nc3c(F)cc(F)cc32)C1(C)C. The van der Waals surface area contributed by atoms with E-state index in [1.807, 2.05) is 0 Å². The second kappa shape index (κ2) is 3.71. The van der Waals surface area contributed by atoms with Crippen LogP contribution in [0.5, 0.6) is 0 Å². The molecule has 1 fully saturated rings. The molecule has 3 nitrogen and oxygen atoms in total. The van der Waals surface area contributed by atoms with Crippen molar-refractivity contribution in [2.24, 2.45) is 16.7 Å². The Balaban J connectivity index is 2.07. The first kappa shape index (κ1) is 13.3. The van der Waals surface area contributed by atoms with E-state index in [1.54, 1.807) is 4.57 Å². The third-order valence-electron chi connectivity index (χ3n) is 5.49. The number of hydrogen-bond donors (Lipinski definition) is 1. The molecule has 0 unspecified atom stereocenters. The lowest BCUT2D eigenvalue weighted by Gasteiger charge is -2.08.